The van der Waals surface area contributed by atoms with Gasteiger partial charge in [0.05, 0.1) is 5.52 Å². The number of fused-ring (bicyclic) bond motifs is 1. The molecule has 17 heavy (non-hydrogen) atoms. The van der Waals surface area contributed by atoms with Crippen molar-refractivity contribution in [3.8, 4) is 17.0 Å². The fourth-order valence-corrected chi connectivity index (χ4v) is 1.92. The van der Waals surface area contributed by atoms with Crippen LogP contribution in [0.4, 0.5) is 5.69 Å². The number of aromatic amines is 1. The molecule has 0 unspecified atom stereocenters. The molecule has 0 aliphatic rings. The van der Waals surface area contributed by atoms with Gasteiger partial charge in [0.25, 0.3) is 0 Å². The lowest BCUT2D eigenvalue weighted by Crippen LogP contribution is -1.83. The molecular formula is C13H11N3O. The normalized spacial score (nSPS) is 10.8. The fraction of sp³-hybridized carbons (Fsp3) is 0. The molecule has 84 valence electrons. The van der Waals surface area contributed by atoms with Gasteiger partial charge in [0.15, 0.2) is 0 Å². The maximum absolute atomic E-state index is 9.82. The van der Waals surface area contributed by atoms with Crippen molar-refractivity contribution in [3.05, 3.63) is 42.5 Å². The first-order valence-corrected chi connectivity index (χ1v) is 5.27. The van der Waals surface area contributed by atoms with E-state index in [0.29, 0.717) is 11.3 Å². The number of nitrogens with two attached hydrogens (primary N) is 1. The quantitative estimate of drug-likeness (QED) is 0.557. The highest BCUT2D eigenvalue weighted by Gasteiger charge is 2.11. The van der Waals surface area contributed by atoms with Gasteiger partial charge in [0, 0.05) is 16.6 Å². The van der Waals surface area contributed by atoms with Gasteiger partial charge in [-0.05, 0) is 30.3 Å². The van der Waals surface area contributed by atoms with Crippen LogP contribution in [0.15, 0.2) is 42.5 Å². The molecule has 0 fully saturated rings. The SMILES string of the molecule is Nc1ccc2c(-c3ccccc3O)n[nH]c2c1. The summed E-state index contributed by atoms with van der Waals surface area (Å²) >= 11 is 0. The van der Waals surface area contributed by atoms with E-state index in [1.807, 2.05) is 30.3 Å². The Morgan fingerprint density at radius 2 is 1.94 bits per heavy atom. The Balaban J connectivity index is 2.29. The van der Waals surface area contributed by atoms with Crippen LogP contribution >= 0.6 is 0 Å². The summed E-state index contributed by atoms with van der Waals surface area (Å²) in [6.45, 7) is 0. The highest BCUT2D eigenvalue weighted by Crippen LogP contribution is 2.32. The minimum Gasteiger partial charge on any atom is -0.507 e. The average molecular weight is 225 g/mol. The first kappa shape index (κ1) is 9.72. The summed E-state index contributed by atoms with van der Waals surface area (Å²) in [5.41, 5.74) is 8.70. The Kier molecular flexibility index (Phi) is 2.01. The molecule has 0 saturated carbocycles. The monoisotopic (exact) mass is 225 g/mol. The number of H-pyrrole nitrogens is 1. The molecule has 2 aromatic carbocycles. The van der Waals surface area contributed by atoms with Gasteiger partial charge >= 0.3 is 0 Å². The van der Waals surface area contributed by atoms with Crippen molar-refractivity contribution in [1.82, 2.24) is 10.2 Å². The molecule has 1 heterocycles. The minimum absolute atomic E-state index is 0.220. The maximum atomic E-state index is 9.82. The lowest BCUT2D eigenvalue weighted by molar-refractivity contribution is 0.477. The van der Waals surface area contributed by atoms with Crippen LogP contribution in [-0.2, 0) is 0 Å². The molecule has 4 heteroatoms. The molecule has 0 amide bonds. The molecule has 0 aliphatic carbocycles. The van der Waals surface area contributed by atoms with E-state index < -0.39 is 0 Å². The Morgan fingerprint density at radius 3 is 2.76 bits per heavy atom. The van der Waals surface area contributed by atoms with Crippen LogP contribution < -0.4 is 5.73 Å². The zero-order valence-corrected chi connectivity index (χ0v) is 9.01. The molecule has 0 radical (unpaired) electrons. The van der Waals surface area contributed by atoms with E-state index in [9.17, 15) is 5.11 Å². The number of nitrogen functional groups attached to an aromatic ring is 1. The molecule has 0 aliphatic heterocycles. The number of benzene rings is 2. The summed E-state index contributed by atoms with van der Waals surface area (Å²) in [6.07, 6.45) is 0. The Hall–Kier alpha value is -2.49. The van der Waals surface area contributed by atoms with Gasteiger partial charge in [0.2, 0.25) is 0 Å². The third-order valence-corrected chi connectivity index (χ3v) is 2.75. The summed E-state index contributed by atoms with van der Waals surface area (Å²) in [6, 6.07) is 12.7. The number of aromatic hydroxyl groups is 1. The van der Waals surface area contributed by atoms with Crippen LogP contribution in [0.2, 0.25) is 0 Å². The molecular weight excluding hydrogens is 214 g/mol. The average Bonchev–Trinajstić information content (AvgIpc) is 2.72. The van der Waals surface area contributed by atoms with Gasteiger partial charge in [-0.2, -0.15) is 5.10 Å². The van der Waals surface area contributed by atoms with Crippen molar-refractivity contribution in [3.63, 3.8) is 0 Å². The van der Waals surface area contributed by atoms with Gasteiger partial charge in [-0.1, -0.05) is 12.1 Å². The number of nitrogens with zero attached hydrogens (tertiary/aromatic N) is 1. The molecule has 1 aromatic heterocycles. The number of phenols is 1. The lowest BCUT2D eigenvalue weighted by Gasteiger charge is -2.01. The second-order valence-corrected chi connectivity index (χ2v) is 3.89. The number of hydrogen-bond acceptors (Lipinski definition) is 3. The number of para-hydroxylation sites is 1. The Morgan fingerprint density at radius 1 is 1.12 bits per heavy atom. The van der Waals surface area contributed by atoms with Crippen molar-refractivity contribution < 1.29 is 5.11 Å². The molecule has 4 N–H and O–H groups in total. The van der Waals surface area contributed by atoms with E-state index in [1.165, 1.54) is 0 Å². The van der Waals surface area contributed by atoms with E-state index in [2.05, 4.69) is 10.2 Å². The summed E-state index contributed by atoms with van der Waals surface area (Å²) in [5.74, 6) is 0.220. The first-order valence-electron chi connectivity index (χ1n) is 5.27. The van der Waals surface area contributed by atoms with Crippen molar-refractivity contribution in [2.45, 2.75) is 0 Å². The summed E-state index contributed by atoms with van der Waals surface area (Å²) in [4.78, 5) is 0. The third kappa shape index (κ3) is 1.50. The van der Waals surface area contributed by atoms with Crippen LogP contribution in [-0.4, -0.2) is 15.3 Å². The zero-order valence-electron chi connectivity index (χ0n) is 9.01. The fourth-order valence-electron chi connectivity index (χ4n) is 1.92. The highest BCUT2D eigenvalue weighted by atomic mass is 16.3. The predicted octanol–water partition coefficient (Wildman–Crippen LogP) is 2.52. The first-order chi connectivity index (χ1) is 8.25. The summed E-state index contributed by atoms with van der Waals surface area (Å²) in [7, 11) is 0. The van der Waals surface area contributed by atoms with Gasteiger partial charge in [-0.25, -0.2) is 0 Å². The van der Waals surface area contributed by atoms with Crippen molar-refractivity contribution in [2.24, 2.45) is 0 Å². The van der Waals surface area contributed by atoms with Crippen LogP contribution in [0.5, 0.6) is 5.75 Å². The molecule has 0 atom stereocenters. The van der Waals surface area contributed by atoms with Crippen LogP contribution in [0.1, 0.15) is 0 Å². The number of anilines is 1. The summed E-state index contributed by atoms with van der Waals surface area (Å²) < 4.78 is 0. The molecule has 0 saturated heterocycles. The number of nitrogens with one attached hydrogen (secondary N) is 1. The highest BCUT2D eigenvalue weighted by molar-refractivity contribution is 5.95. The summed E-state index contributed by atoms with van der Waals surface area (Å²) in [5, 5.41) is 17.9. The number of hydrogen-bond donors (Lipinski definition) is 3. The predicted molar refractivity (Wildman–Crippen MR) is 67.6 cm³/mol. The van der Waals surface area contributed by atoms with E-state index in [4.69, 9.17) is 5.73 Å². The second kappa shape index (κ2) is 3.52. The Bertz CT molecular complexity index is 688. The van der Waals surface area contributed by atoms with Crippen LogP contribution in [0.3, 0.4) is 0 Å². The lowest BCUT2D eigenvalue weighted by atomic mass is 10.1. The number of rotatable bonds is 1. The molecule has 0 bridgehead atoms. The second-order valence-electron chi connectivity index (χ2n) is 3.89. The van der Waals surface area contributed by atoms with E-state index in [-0.39, 0.29) is 5.75 Å². The molecule has 0 spiro atoms. The van der Waals surface area contributed by atoms with Crippen molar-refractivity contribution in [1.29, 1.82) is 0 Å². The topological polar surface area (TPSA) is 74.9 Å². The van der Waals surface area contributed by atoms with Crippen LogP contribution in [0, 0.1) is 0 Å². The van der Waals surface area contributed by atoms with Gasteiger partial charge in [0.1, 0.15) is 11.4 Å². The largest absolute Gasteiger partial charge is 0.507 e. The maximum Gasteiger partial charge on any atom is 0.125 e. The van der Waals surface area contributed by atoms with Crippen molar-refractivity contribution >= 4 is 16.6 Å². The van der Waals surface area contributed by atoms with Gasteiger partial charge in [-0.3, -0.25) is 5.10 Å². The van der Waals surface area contributed by atoms with Crippen LogP contribution in [0.25, 0.3) is 22.2 Å². The van der Waals surface area contributed by atoms with E-state index in [0.717, 1.165) is 16.6 Å². The molecule has 4 nitrogen and oxygen atoms in total. The van der Waals surface area contributed by atoms with E-state index in [1.54, 1.807) is 12.1 Å². The number of aromatic nitrogens is 2. The Labute approximate surface area is 97.7 Å². The third-order valence-electron chi connectivity index (χ3n) is 2.75. The molecule has 3 rings (SSSR count). The minimum atomic E-state index is 0.220. The van der Waals surface area contributed by atoms with Gasteiger partial charge in [-0.15, -0.1) is 0 Å². The zero-order chi connectivity index (χ0) is 11.8. The smallest absolute Gasteiger partial charge is 0.125 e. The van der Waals surface area contributed by atoms with Crippen molar-refractivity contribution in [2.75, 3.05) is 5.73 Å². The standard InChI is InChI=1S/C13H11N3O/c14-8-5-6-9-11(7-8)15-16-13(9)10-3-1-2-4-12(10)17/h1-7,17H,14H2,(H,15,16). The number of phenolic OH excluding ortho intramolecular Hbond substituents is 1. The molecule has 3 aromatic rings. The van der Waals surface area contributed by atoms with Gasteiger partial charge < -0.3 is 10.8 Å². The van der Waals surface area contributed by atoms with E-state index >= 15 is 0 Å².